The largest absolute Gasteiger partial charge is 0.486 e. The number of methoxy groups -OCH3 is 1. The third kappa shape index (κ3) is 4.46. The van der Waals surface area contributed by atoms with E-state index in [0.717, 1.165) is 23.3 Å². The number of para-hydroxylation sites is 1. The SMILES string of the molecule is COCCCN(C)C(=O)c1ccccc1OCc1cn2cccc(C)c2n1. The molecule has 0 fully saturated rings. The quantitative estimate of drug-likeness (QED) is 0.573. The number of fused-ring (bicyclic) bond motifs is 1. The van der Waals surface area contributed by atoms with Crippen molar-refractivity contribution in [1.82, 2.24) is 14.3 Å². The van der Waals surface area contributed by atoms with Gasteiger partial charge in [0, 0.05) is 39.7 Å². The Morgan fingerprint density at radius 1 is 1.22 bits per heavy atom. The summed E-state index contributed by atoms with van der Waals surface area (Å²) in [6.07, 6.45) is 4.71. The maximum absolute atomic E-state index is 12.7. The molecule has 2 heterocycles. The van der Waals surface area contributed by atoms with Gasteiger partial charge >= 0.3 is 0 Å². The Balaban J connectivity index is 1.71. The molecule has 0 spiro atoms. The monoisotopic (exact) mass is 367 g/mol. The molecule has 0 aliphatic rings. The fourth-order valence-corrected chi connectivity index (χ4v) is 2.95. The number of hydrogen-bond donors (Lipinski definition) is 0. The molecule has 0 saturated carbocycles. The minimum absolute atomic E-state index is 0.0625. The smallest absolute Gasteiger partial charge is 0.257 e. The second kappa shape index (κ2) is 8.68. The highest BCUT2D eigenvalue weighted by molar-refractivity contribution is 5.96. The first kappa shape index (κ1) is 18.9. The molecule has 3 rings (SSSR count). The number of aryl methyl sites for hydroxylation is 1. The number of nitrogens with zero attached hydrogens (tertiary/aromatic N) is 3. The molecule has 0 saturated heterocycles. The van der Waals surface area contributed by atoms with Gasteiger partial charge in [0.1, 0.15) is 18.0 Å². The number of rotatable bonds is 8. The lowest BCUT2D eigenvalue weighted by Gasteiger charge is -2.18. The maximum Gasteiger partial charge on any atom is 0.257 e. The normalized spacial score (nSPS) is 10.9. The van der Waals surface area contributed by atoms with Crippen molar-refractivity contribution in [2.24, 2.45) is 0 Å². The molecule has 3 aromatic rings. The predicted octanol–water partition coefficient (Wildman–Crippen LogP) is 3.33. The fourth-order valence-electron chi connectivity index (χ4n) is 2.95. The highest BCUT2D eigenvalue weighted by Gasteiger charge is 2.16. The molecule has 1 amide bonds. The standard InChI is InChI=1S/C21H25N3O3/c1-16-8-6-12-24-14-17(22-20(16)24)15-27-19-10-5-4-9-18(19)21(25)23(2)11-7-13-26-3/h4-6,8-10,12,14H,7,11,13,15H2,1-3H3. The highest BCUT2D eigenvalue weighted by atomic mass is 16.5. The van der Waals surface area contributed by atoms with Gasteiger partial charge in [-0.3, -0.25) is 4.79 Å². The highest BCUT2D eigenvalue weighted by Crippen LogP contribution is 2.21. The Labute approximate surface area is 159 Å². The number of imidazole rings is 1. The van der Waals surface area contributed by atoms with Gasteiger partial charge in [0.25, 0.3) is 5.91 Å². The number of ether oxygens (including phenoxy) is 2. The summed E-state index contributed by atoms with van der Waals surface area (Å²) in [4.78, 5) is 19.0. The van der Waals surface area contributed by atoms with Crippen LogP contribution in [0.5, 0.6) is 5.75 Å². The van der Waals surface area contributed by atoms with Crippen LogP contribution in [0.2, 0.25) is 0 Å². The zero-order chi connectivity index (χ0) is 19.2. The van der Waals surface area contributed by atoms with Gasteiger partial charge < -0.3 is 18.8 Å². The molecule has 142 valence electrons. The topological polar surface area (TPSA) is 56.1 Å². The summed E-state index contributed by atoms with van der Waals surface area (Å²) in [5, 5.41) is 0. The predicted molar refractivity (Wildman–Crippen MR) is 104 cm³/mol. The van der Waals surface area contributed by atoms with E-state index in [4.69, 9.17) is 9.47 Å². The average molecular weight is 367 g/mol. The van der Waals surface area contributed by atoms with Gasteiger partial charge in [0.05, 0.1) is 11.3 Å². The van der Waals surface area contributed by atoms with Crippen LogP contribution in [0.4, 0.5) is 0 Å². The van der Waals surface area contributed by atoms with Gasteiger partial charge in [-0.15, -0.1) is 0 Å². The molecule has 0 aliphatic carbocycles. The summed E-state index contributed by atoms with van der Waals surface area (Å²) in [7, 11) is 3.45. The Bertz CT molecular complexity index is 920. The van der Waals surface area contributed by atoms with E-state index in [2.05, 4.69) is 4.98 Å². The van der Waals surface area contributed by atoms with E-state index >= 15 is 0 Å². The van der Waals surface area contributed by atoms with Gasteiger partial charge in [-0.2, -0.15) is 0 Å². The molecule has 0 unspecified atom stereocenters. The zero-order valence-corrected chi connectivity index (χ0v) is 16.0. The lowest BCUT2D eigenvalue weighted by Crippen LogP contribution is -2.28. The summed E-state index contributed by atoms with van der Waals surface area (Å²) < 4.78 is 13.0. The molecule has 0 radical (unpaired) electrons. The third-order valence-corrected chi connectivity index (χ3v) is 4.41. The Morgan fingerprint density at radius 3 is 2.81 bits per heavy atom. The molecule has 0 bridgehead atoms. The van der Waals surface area contributed by atoms with Crippen LogP contribution in [0, 0.1) is 6.92 Å². The first-order valence-electron chi connectivity index (χ1n) is 8.99. The lowest BCUT2D eigenvalue weighted by atomic mass is 10.1. The van der Waals surface area contributed by atoms with Crippen LogP contribution in [0.1, 0.15) is 28.0 Å². The Hall–Kier alpha value is -2.86. The second-order valence-electron chi connectivity index (χ2n) is 6.51. The van der Waals surface area contributed by atoms with Gasteiger partial charge in [-0.1, -0.05) is 18.2 Å². The summed E-state index contributed by atoms with van der Waals surface area (Å²) in [5.74, 6) is 0.502. The van der Waals surface area contributed by atoms with Gasteiger partial charge in [0.15, 0.2) is 0 Å². The van der Waals surface area contributed by atoms with Crippen LogP contribution in [0.3, 0.4) is 0 Å². The molecule has 27 heavy (non-hydrogen) atoms. The van der Waals surface area contributed by atoms with Crippen molar-refractivity contribution in [3.05, 3.63) is 65.6 Å². The van der Waals surface area contributed by atoms with Crippen molar-refractivity contribution >= 4 is 11.6 Å². The minimum Gasteiger partial charge on any atom is -0.486 e. The van der Waals surface area contributed by atoms with Crippen LogP contribution in [0.25, 0.3) is 5.65 Å². The molecular formula is C21H25N3O3. The van der Waals surface area contributed by atoms with Crippen LogP contribution in [-0.2, 0) is 11.3 Å². The Morgan fingerprint density at radius 2 is 2.04 bits per heavy atom. The van der Waals surface area contributed by atoms with E-state index in [9.17, 15) is 4.79 Å². The lowest BCUT2D eigenvalue weighted by molar-refractivity contribution is 0.0774. The first-order valence-corrected chi connectivity index (χ1v) is 8.99. The molecule has 0 N–H and O–H groups in total. The molecule has 6 nitrogen and oxygen atoms in total. The molecular weight excluding hydrogens is 342 g/mol. The van der Waals surface area contributed by atoms with Crippen molar-refractivity contribution in [1.29, 1.82) is 0 Å². The van der Waals surface area contributed by atoms with Crippen LogP contribution >= 0.6 is 0 Å². The molecule has 0 aliphatic heterocycles. The number of carbonyl (C=O) groups excluding carboxylic acids is 1. The van der Waals surface area contributed by atoms with Crippen molar-refractivity contribution in [2.75, 3.05) is 27.3 Å². The molecule has 6 heteroatoms. The number of aromatic nitrogens is 2. The molecule has 0 atom stereocenters. The number of pyridine rings is 1. The molecule has 1 aromatic carbocycles. The van der Waals surface area contributed by atoms with Crippen molar-refractivity contribution in [3.63, 3.8) is 0 Å². The third-order valence-electron chi connectivity index (χ3n) is 4.41. The van der Waals surface area contributed by atoms with E-state index in [1.165, 1.54) is 0 Å². The minimum atomic E-state index is -0.0625. The zero-order valence-electron chi connectivity index (χ0n) is 16.0. The van der Waals surface area contributed by atoms with E-state index in [-0.39, 0.29) is 5.91 Å². The number of carbonyl (C=O) groups is 1. The average Bonchev–Trinajstić information content (AvgIpc) is 3.11. The van der Waals surface area contributed by atoms with Gasteiger partial charge in [-0.05, 0) is 37.1 Å². The van der Waals surface area contributed by atoms with Crippen LogP contribution in [0.15, 0.2) is 48.8 Å². The second-order valence-corrected chi connectivity index (χ2v) is 6.51. The fraction of sp³-hybridized carbons (Fsp3) is 0.333. The van der Waals surface area contributed by atoms with E-state index in [1.807, 2.05) is 54.0 Å². The molecule has 2 aromatic heterocycles. The van der Waals surface area contributed by atoms with Crippen LogP contribution in [-0.4, -0.2) is 47.5 Å². The van der Waals surface area contributed by atoms with E-state index in [0.29, 0.717) is 31.1 Å². The maximum atomic E-state index is 12.7. The Kier molecular flexibility index (Phi) is 6.08. The summed E-state index contributed by atoms with van der Waals surface area (Å²) in [6, 6.07) is 11.3. The van der Waals surface area contributed by atoms with Gasteiger partial charge in [0.2, 0.25) is 0 Å². The van der Waals surface area contributed by atoms with Crippen LogP contribution < -0.4 is 4.74 Å². The number of amides is 1. The van der Waals surface area contributed by atoms with Crippen molar-refractivity contribution < 1.29 is 14.3 Å². The number of hydrogen-bond acceptors (Lipinski definition) is 4. The summed E-state index contributed by atoms with van der Waals surface area (Å²) in [5.41, 5.74) is 3.40. The van der Waals surface area contributed by atoms with Crippen molar-refractivity contribution in [2.45, 2.75) is 20.0 Å². The summed E-state index contributed by atoms with van der Waals surface area (Å²) in [6.45, 7) is 3.59. The van der Waals surface area contributed by atoms with E-state index < -0.39 is 0 Å². The van der Waals surface area contributed by atoms with E-state index in [1.54, 1.807) is 25.1 Å². The summed E-state index contributed by atoms with van der Waals surface area (Å²) >= 11 is 0. The van der Waals surface area contributed by atoms with Gasteiger partial charge in [-0.25, -0.2) is 4.98 Å². The first-order chi connectivity index (χ1) is 13.1. The van der Waals surface area contributed by atoms with Crippen molar-refractivity contribution in [3.8, 4) is 5.75 Å². The number of benzene rings is 1.